The molecule has 0 fully saturated rings. The Labute approximate surface area is 136 Å². The molecule has 0 saturated heterocycles. The molecule has 0 aliphatic carbocycles. The van der Waals surface area contributed by atoms with Gasteiger partial charge in [-0.15, -0.1) is 0 Å². The molecule has 0 saturated carbocycles. The summed E-state index contributed by atoms with van der Waals surface area (Å²) >= 11 is 3.81. The van der Waals surface area contributed by atoms with Crippen LogP contribution in [-0.4, -0.2) is 7.11 Å². The van der Waals surface area contributed by atoms with Gasteiger partial charge in [0.2, 0.25) is 0 Å². The SMILES string of the molecule is CCC(C)c1ccc(C(Br)Cc2ccc(OC)cc2)cc1. The average Bonchev–Trinajstić information content (AvgIpc) is 2.55. The quantitative estimate of drug-likeness (QED) is 0.592. The molecular formula is C19H23BrO. The molecule has 0 aromatic heterocycles. The topological polar surface area (TPSA) is 9.23 Å². The summed E-state index contributed by atoms with van der Waals surface area (Å²) < 4.78 is 5.19. The molecule has 0 bridgehead atoms. The van der Waals surface area contributed by atoms with Gasteiger partial charge in [0.05, 0.1) is 7.11 Å². The number of ether oxygens (including phenoxy) is 1. The molecule has 0 spiro atoms. The molecule has 2 aromatic carbocycles. The van der Waals surface area contributed by atoms with E-state index in [4.69, 9.17) is 4.74 Å². The van der Waals surface area contributed by atoms with Crippen LogP contribution in [0.1, 0.15) is 47.7 Å². The number of hydrogen-bond donors (Lipinski definition) is 0. The number of methoxy groups -OCH3 is 1. The van der Waals surface area contributed by atoms with Gasteiger partial charge in [0.1, 0.15) is 5.75 Å². The molecule has 2 aromatic rings. The molecule has 2 rings (SSSR count). The van der Waals surface area contributed by atoms with E-state index in [0.29, 0.717) is 10.7 Å². The molecule has 0 radical (unpaired) electrons. The second-order valence-electron chi connectivity index (χ2n) is 5.50. The van der Waals surface area contributed by atoms with Crippen molar-refractivity contribution in [1.29, 1.82) is 0 Å². The standard InChI is InChI=1S/C19H23BrO/c1-4-14(2)16-7-9-17(10-8-16)19(20)13-15-5-11-18(21-3)12-6-15/h5-12,14,19H,4,13H2,1-3H3. The Morgan fingerprint density at radius 1 is 0.952 bits per heavy atom. The van der Waals surface area contributed by atoms with Crippen LogP contribution in [-0.2, 0) is 6.42 Å². The predicted molar refractivity (Wildman–Crippen MR) is 93.5 cm³/mol. The highest BCUT2D eigenvalue weighted by atomic mass is 79.9. The van der Waals surface area contributed by atoms with E-state index in [-0.39, 0.29) is 0 Å². The second kappa shape index (κ2) is 7.65. The van der Waals surface area contributed by atoms with Crippen LogP contribution in [0.3, 0.4) is 0 Å². The largest absolute Gasteiger partial charge is 0.497 e. The molecule has 0 amide bonds. The highest BCUT2D eigenvalue weighted by Crippen LogP contribution is 2.29. The first-order valence-electron chi connectivity index (χ1n) is 7.51. The van der Waals surface area contributed by atoms with Crippen molar-refractivity contribution < 1.29 is 4.74 Å². The zero-order valence-corrected chi connectivity index (χ0v) is 14.6. The fourth-order valence-electron chi connectivity index (χ4n) is 2.36. The predicted octanol–water partition coefficient (Wildman–Crippen LogP) is 5.89. The Hall–Kier alpha value is -1.28. The van der Waals surface area contributed by atoms with Crippen molar-refractivity contribution in [2.75, 3.05) is 7.11 Å². The Morgan fingerprint density at radius 3 is 2.05 bits per heavy atom. The smallest absolute Gasteiger partial charge is 0.118 e. The first-order valence-corrected chi connectivity index (χ1v) is 8.42. The first kappa shape index (κ1) is 16.1. The van der Waals surface area contributed by atoms with Crippen molar-refractivity contribution in [3.63, 3.8) is 0 Å². The number of rotatable bonds is 6. The maximum absolute atomic E-state index is 5.19. The van der Waals surface area contributed by atoms with Crippen molar-refractivity contribution in [2.45, 2.75) is 37.4 Å². The van der Waals surface area contributed by atoms with Crippen LogP contribution in [0.4, 0.5) is 0 Å². The van der Waals surface area contributed by atoms with Gasteiger partial charge in [0, 0.05) is 4.83 Å². The third kappa shape index (κ3) is 4.34. The number of halogens is 1. The van der Waals surface area contributed by atoms with Crippen molar-refractivity contribution in [3.05, 3.63) is 65.2 Å². The monoisotopic (exact) mass is 346 g/mol. The molecule has 1 nitrogen and oxygen atoms in total. The molecule has 0 N–H and O–H groups in total. The summed E-state index contributed by atoms with van der Waals surface area (Å²) in [6, 6.07) is 17.3. The normalized spacial score (nSPS) is 13.7. The molecule has 112 valence electrons. The Kier molecular flexibility index (Phi) is 5.86. The molecule has 2 atom stereocenters. The van der Waals surface area contributed by atoms with Crippen molar-refractivity contribution in [3.8, 4) is 5.75 Å². The number of hydrogen-bond acceptors (Lipinski definition) is 1. The third-order valence-corrected chi connectivity index (χ3v) is 4.91. The van der Waals surface area contributed by atoms with Crippen molar-refractivity contribution >= 4 is 15.9 Å². The fraction of sp³-hybridized carbons (Fsp3) is 0.368. The third-order valence-electron chi connectivity index (χ3n) is 4.05. The minimum Gasteiger partial charge on any atom is -0.497 e. The highest BCUT2D eigenvalue weighted by molar-refractivity contribution is 9.09. The summed E-state index contributed by atoms with van der Waals surface area (Å²) in [7, 11) is 1.70. The second-order valence-corrected chi connectivity index (χ2v) is 6.60. The summed E-state index contributed by atoms with van der Waals surface area (Å²) in [4.78, 5) is 0.344. The zero-order chi connectivity index (χ0) is 15.2. The summed E-state index contributed by atoms with van der Waals surface area (Å²) in [5, 5.41) is 0. The van der Waals surface area contributed by atoms with Crippen LogP contribution in [0, 0.1) is 0 Å². The summed E-state index contributed by atoms with van der Waals surface area (Å²) in [6.07, 6.45) is 2.16. The maximum atomic E-state index is 5.19. The fourth-order valence-corrected chi connectivity index (χ4v) is 3.03. The van der Waals surface area contributed by atoms with E-state index < -0.39 is 0 Å². The average molecular weight is 347 g/mol. The maximum Gasteiger partial charge on any atom is 0.118 e. The Balaban J connectivity index is 2.03. The van der Waals surface area contributed by atoms with Gasteiger partial charge >= 0.3 is 0 Å². The van der Waals surface area contributed by atoms with Crippen molar-refractivity contribution in [2.24, 2.45) is 0 Å². The van der Waals surface area contributed by atoms with Crippen LogP contribution < -0.4 is 4.74 Å². The van der Waals surface area contributed by atoms with Crippen LogP contribution >= 0.6 is 15.9 Å². The van der Waals surface area contributed by atoms with E-state index >= 15 is 0 Å². The summed E-state index contributed by atoms with van der Waals surface area (Å²) in [6.45, 7) is 4.51. The summed E-state index contributed by atoms with van der Waals surface area (Å²) in [5.74, 6) is 1.54. The van der Waals surface area contributed by atoms with Gasteiger partial charge in [-0.25, -0.2) is 0 Å². The van der Waals surface area contributed by atoms with E-state index in [1.807, 2.05) is 12.1 Å². The lowest BCUT2D eigenvalue weighted by molar-refractivity contribution is 0.414. The van der Waals surface area contributed by atoms with E-state index in [9.17, 15) is 0 Å². The van der Waals surface area contributed by atoms with Crippen LogP contribution in [0.2, 0.25) is 0 Å². The molecule has 2 heteroatoms. The van der Waals surface area contributed by atoms with Crippen LogP contribution in [0.25, 0.3) is 0 Å². The number of alkyl halides is 1. The zero-order valence-electron chi connectivity index (χ0n) is 13.0. The lowest BCUT2D eigenvalue weighted by Crippen LogP contribution is -1.97. The van der Waals surface area contributed by atoms with Gasteiger partial charge < -0.3 is 4.74 Å². The first-order chi connectivity index (χ1) is 10.1. The molecule has 2 unspecified atom stereocenters. The lowest BCUT2D eigenvalue weighted by atomic mass is 9.96. The van der Waals surface area contributed by atoms with E-state index in [1.54, 1.807) is 7.11 Å². The van der Waals surface area contributed by atoms with Crippen molar-refractivity contribution in [1.82, 2.24) is 0 Å². The van der Waals surface area contributed by atoms with Gasteiger partial charge in [-0.3, -0.25) is 0 Å². The summed E-state index contributed by atoms with van der Waals surface area (Å²) in [5.41, 5.74) is 4.06. The van der Waals surface area contributed by atoms with Gasteiger partial charge in [-0.2, -0.15) is 0 Å². The van der Waals surface area contributed by atoms with Gasteiger partial charge in [0.15, 0.2) is 0 Å². The lowest BCUT2D eigenvalue weighted by Gasteiger charge is -2.13. The highest BCUT2D eigenvalue weighted by Gasteiger charge is 2.10. The van der Waals surface area contributed by atoms with Crippen LogP contribution in [0.15, 0.2) is 48.5 Å². The molecule has 0 aliphatic heterocycles. The minimum atomic E-state index is 0.344. The molecular weight excluding hydrogens is 324 g/mol. The van der Waals surface area contributed by atoms with E-state index in [0.717, 1.165) is 12.2 Å². The van der Waals surface area contributed by atoms with E-state index in [1.165, 1.54) is 23.1 Å². The molecule has 0 heterocycles. The molecule has 0 aliphatic rings. The molecule has 21 heavy (non-hydrogen) atoms. The van der Waals surface area contributed by atoms with Gasteiger partial charge in [0.25, 0.3) is 0 Å². The Morgan fingerprint density at radius 2 is 1.52 bits per heavy atom. The van der Waals surface area contributed by atoms with Crippen LogP contribution in [0.5, 0.6) is 5.75 Å². The van der Waals surface area contributed by atoms with E-state index in [2.05, 4.69) is 66.2 Å². The number of benzene rings is 2. The van der Waals surface area contributed by atoms with Gasteiger partial charge in [-0.1, -0.05) is 66.2 Å². The minimum absolute atomic E-state index is 0.344. The van der Waals surface area contributed by atoms with Gasteiger partial charge in [-0.05, 0) is 47.6 Å². The Bertz CT molecular complexity index is 545.